The lowest BCUT2D eigenvalue weighted by Gasteiger charge is -2.13. The SMILES string of the molecule is CCOC(Cc1ccc(OCCc2ccccc2OS(C)(=O)=O)cc1)C(=O)O. The summed E-state index contributed by atoms with van der Waals surface area (Å²) in [6.07, 6.45) is 0.879. The van der Waals surface area contributed by atoms with E-state index < -0.39 is 22.2 Å². The van der Waals surface area contributed by atoms with Crippen molar-refractivity contribution in [3.8, 4) is 11.5 Å². The van der Waals surface area contributed by atoms with Gasteiger partial charge in [-0.3, -0.25) is 0 Å². The van der Waals surface area contributed by atoms with Crippen LogP contribution in [0.5, 0.6) is 11.5 Å². The monoisotopic (exact) mass is 408 g/mol. The molecule has 0 aromatic heterocycles. The van der Waals surface area contributed by atoms with E-state index in [4.69, 9.17) is 18.8 Å². The van der Waals surface area contributed by atoms with Gasteiger partial charge in [-0.25, -0.2) is 4.79 Å². The average molecular weight is 408 g/mol. The van der Waals surface area contributed by atoms with E-state index in [0.717, 1.165) is 17.4 Å². The molecule has 0 bridgehead atoms. The zero-order valence-corrected chi connectivity index (χ0v) is 16.6. The van der Waals surface area contributed by atoms with Crippen LogP contribution in [0, 0.1) is 0 Å². The molecule has 2 aromatic rings. The number of ether oxygens (including phenoxy) is 2. The minimum atomic E-state index is -3.59. The summed E-state index contributed by atoms with van der Waals surface area (Å²) in [6.45, 7) is 2.43. The predicted octanol–water partition coefficient (Wildman–Crippen LogP) is 2.68. The number of carbonyl (C=O) groups is 1. The minimum Gasteiger partial charge on any atom is -0.493 e. The van der Waals surface area contributed by atoms with Crippen LogP contribution in [0.2, 0.25) is 0 Å². The highest BCUT2D eigenvalue weighted by Gasteiger charge is 2.17. The molecule has 0 aliphatic heterocycles. The third-order valence-corrected chi connectivity index (χ3v) is 4.32. The summed E-state index contributed by atoms with van der Waals surface area (Å²) in [4.78, 5) is 11.2. The van der Waals surface area contributed by atoms with Crippen LogP contribution in [0.4, 0.5) is 0 Å². The van der Waals surface area contributed by atoms with Gasteiger partial charge in [0.05, 0.1) is 12.9 Å². The molecule has 0 spiro atoms. The zero-order valence-electron chi connectivity index (χ0n) is 15.8. The van der Waals surface area contributed by atoms with Gasteiger partial charge < -0.3 is 18.8 Å². The highest BCUT2D eigenvalue weighted by Crippen LogP contribution is 2.21. The number of benzene rings is 2. The quantitative estimate of drug-likeness (QED) is 0.571. The van der Waals surface area contributed by atoms with E-state index in [-0.39, 0.29) is 6.42 Å². The number of para-hydroxylation sites is 1. The maximum absolute atomic E-state index is 11.3. The molecule has 0 fully saturated rings. The van der Waals surface area contributed by atoms with Gasteiger partial charge in [0.1, 0.15) is 11.5 Å². The van der Waals surface area contributed by atoms with Gasteiger partial charge >= 0.3 is 16.1 Å². The second-order valence-corrected chi connectivity index (χ2v) is 7.70. The molecule has 2 aromatic carbocycles. The van der Waals surface area contributed by atoms with E-state index in [0.29, 0.717) is 31.1 Å². The van der Waals surface area contributed by atoms with E-state index in [1.165, 1.54) is 0 Å². The van der Waals surface area contributed by atoms with Crippen LogP contribution in [-0.2, 0) is 32.5 Å². The Labute approximate surface area is 165 Å². The van der Waals surface area contributed by atoms with Crippen LogP contribution >= 0.6 is 0 Å². The maximum atomic E-state index is 11.3. The summed E-state index contributed by atoms with van der Waals surface area (Å²) < 4.78 is 38.6. The molecule has 0 aliphatic rings. The summed E-state index contributed by atoms with van der Waals surface area (Å²) in [6, 6.07) is 14.0. The maximum Gasteiger partial charge on any atom is 0.333 e. The number of hydrogen-bond acceptors (Lipinski definition) is 6. The smallest absolute Gasteiger partial charge is 0.333 e. The van der Waals surface area contributed by atoms with Crippen LogP contribution in [0.15, 0.2) is 48.5 Å². The molecule has 7 nitrogen and oxygen atoms in total. The molecule has 2 rings (SSSR count). The van der Waals surface area contributed by atoms with Gasteiger partial charge in [-0.15, -0.1) is 0 Å². The van der Waals surface area contributed by atoms with Gasteiger partial charge in [0.2, 0.25) is 0 Å². The molecule has 152 valence electrons. The standard InChI is InChI=1S/C20H24O7S/c1-3-25-19(20(21)22)14-15-8-10-17(11-9-15)26-13-12-16-6-4-5-7-18(16)27-28(2,23)24/h4-11,19H,3,12-14H2,1-2H3,(H,21,22). The molecule has 1 N–H and O–H groups in total. The minimum absolute atomic E-state index is 0.277. The predicted molar refractivity (Wildman–Crippen MR) is 104 cm³/mol. The first kappa shape index (κ1) is 21.7. The zero-order chi connectivity index (χ0) is 20.6. The third-order valence-electron chi connectivity index (χ3n) is 3.84. The molecular formula is C20H24O7S. The molecule has 28 heavy (non-hydrogen) atoms. The lowest BCUT2D eigenvalue weighted by Crippen LogP contribution is -2.26. The summed E-state index contributed by atoms with van der Waals surface area (Å²) in [5.41, 5.74) is 1.56. The van der Waals surface area contributed by atoms with Crippen LogP contribution < -0.4 is 8.92 Å². The van der Waals surface area contributed by atoms with Crippen molar-refractivity contribution in [2.24, 2.45) is 0 Å². The first-order valence-corrected chi connectivity index (χ1v) is 10.6. The second kappa shape index (κ2) is 10.1. The van der Waals surface area contributed by atoms with E-state index in [2.05, 4.69) is 0 Å². The Kier molecular flexibility index (Phi) is 7.83. The fourth-order valence-corrected chi connectivity index (χ4v) is 3.08. The third kappa shape index (κ3) is 7.21. The van der Waals surface area contributed by atoms with E-state index >= 15 is 0 Å². The molecular weight excluding hydrogens is 384 g/mol. The number of carboxylic acids is 1. The Bertz CT molecular complexity index is 876. The molecule has 0 heterocycles. The van der Waals surface area contributed by atoms with Gasteiger partial charge in [0.15, 0.2) is 6.10 Å². The molecule has 0 aliphatic carbocycles. The topological polar surface area (TPSA) is 99.1 Å². The molecule has 1 atom stereocenters. The lowest BCUT2D eigenvalue weighted by atomic mass is 10.1. The average Bonchev–Trinajstić information content (AvgIpc) is 2.63. The Hall–Kier alpha value is -2.58. The summed E-state index contributed by atoms with van der Waals surface area (Å²) >= 11 is 0. The van der Waals surface area contributed by atoms with Gasteiger partial charge in [-0.05, 0) is 36.2 Å². The summed E-state index contributed by atoms with van der Waals surface area (Å²) in [5, 5.41) is 9.14. The molecule has 0 radical (unpaired) electrons. The van der Waals surface area contributed by atoms with Crippen molar-refractivity contribution in [1.29, 1.82) is 0 Å². The van der Waals surface area contributed by atoms with Crippen molar-refractivity contribution in [3.63, 3.8) is 0 Å². The molecule has 0 saturated heterocycles. The van der Waals surface area contributed by atoms with Crippen LogP contribution in [0.25, 0.3) is 0 Å². The number of aliphatic carboxylic acids is 1. The first-order valence-electron chi connectivity index (χ1n) is 8.82. The fraction of sp³-hybridized carbons (Fsp3) is 0.350. The first-order chi connectivity index (χ1) is 13.3. The van der Waals surface area contributed by atoms with Crippen LogP contribution in [-0.4, -0.2) is 45.1 Å². The number of hydrogen-bond donors (Lipinski definition) is 1. The van der Waals surface area contributed by atoms with Crippen molar-refractivity contribution in [1.82, 2.24) is 0 Å². The number of rotatable bonds is 11. The van der Waals surface area contributed by atoms with Crippen molar-refractivity contribution in [2.75, 3.05) is 19.5 Å². The second-order valence-electron chi connectivity index (χ2n) is 6.12. The van der Waals surface area contributed by atoms with E-state index in [1.807, 2.05) is 0 Å². The Morgan fingerprint density at radius 2 is 1.79 bits per heavy atom. The molecule has 1 unspecified atom stereocenters. The summed E-state index contributed by atoms with van der Waals surface area (Å²) in [5.74, 6) is -0.0645. The van der Waals surface area contributed by atoms with Crippen molar-refractivity contribution in [3.05, 3.63) is 59.7 Å². The summed E-state index contributed by atoms with van der Waals surface area (Å²) in [7, 11) is -3.59. The van der Waals surface area contributed by atoms with Gasteiger partial charge in [0, 0.05) is 19.4 Å². The Morgan fingerprint density at radius 1 is 1.11 bits per heavy atom. The highest BCUT2D eigenvalue weighted by molar-refractivity contribution is 7.86. The van der Waals surface area contributed by atoms with E-state index in [9.17, 15) is 13.2 Å². The van der Waals surface area contributed by atoms with E-state index in [1.54, 1.807) is 55.5 Å². The fourth-order valence-electron chi connectivity index (χ4n) is 2.59. The normalized spacial score (nSPS) is 12.4. The van der Waals surface area contributed by atoms with Crippen molar-refractivity contribution in [2.45, 2.75) is 25.9 Å². The number of carboxylic acid groups (broad SMARTS) is 1. The van der Waals surface area contributed by atoms with Crippen LogP contribution in [0.3, 0.4) is 0 Å². The Balaban J connectivity index is 1.91. The molecule has 0 amide bonds. The van der Waals surface area contributed by atoms with Crippen molar-refractivity contribution >= 4 is 16.1 Å². The van der Waals surface area contributed by atoms with Crippen LogP contribution in [0.1, 0.15) is 18.1 Å². The lowest BCUT2D eigenvalue weighted by molar-refractivity contribution is -0.149. The Morgan fingerprint density at radius 3 is 2.39 bits per heavy atom. The molecule has 0 saturated carbocycles. The van der Waals surface area contributed by atoms with Gasteiger partial charge in [0.25, 0.3) is 0 Å². The largest absolute Gasteiger partial charge is 0.493 e. The highest BCUT2D eigenvalue weighted by atomic mass is 32.2. The van der Waals surface area contributed by atoms with Crippen molar-refractivity contribution < 1.29 is 32.0 Å². The molecule has 8 heteroatoms. The van der Waals surface area contributed by atoms with Gasteiger partial charge in [-0.1, -0.05) is 30.3 Å². The van der Waals surface area contributed by atoms with Gasteiger partial charge in [-0.2, -0.15) is 8.42 Å².